The summed E-state index contributed by atoms with van der Waals surface area (Å²) in [7, 11) is 4.96. The molecule has 0 aliphatic rings. The van der Waals surface area contributed by atoms with E-state index >= 15 is 0 Å². The van der Waals surface area contributed by atoms with E-state index in [1.807, 2.05) is 14.1 Å². The molecule has 0 saturated carbocycles. The summed E-state index contributed by atoms with van der Waals surface area (Å²) in [5.41, 5.74) is 1.45. The van der Waals surface area contributed by atoms with Crippen LogP contribution in [-0.2, 0) is 0 Å². The van der Waals surface area contributed by atoms with Crippen LogP contribution in [-0.4, -0.2) is 27.8 Å². The fourth-order valence-electron chi connectivity index (χ4n) is 1.26. The predicted molar refractivity (Wildman–Crippen MR) is 56.2 cm³/mol. The Morgan fingerprint density at radius 2 is 1.79 bits per heavy atom. The average molecular weight is 191 g/mol. The maximum Gasteiger partial charge on any atom is 0.161 e. The first kappa shape index (κ1) is 10.6. The third kappa shape index (κ3) is 1.89. The molecule has 1 aromatic carbocycles. The highest BCUT2D eigenvalue weighted by Crippen LogP contribution is 2.25. The van der Waals surface area contributed by atoms with E-state index in [9.17, 15) is 4.79 Å². The third-order valence-electron chi connectivity index (χ3n) is 2.03. The van der Waals surface area contributed by atoms with Crippen molar-refractivity contribution in [2.75, 3.05) is 14.2 Å². The van der Waals surface area contributed by atoms with E-state index < -0.39 is 0 Å². The van der Waals surface area contributed by atoms with E-state index in [0.29, 0.717) is 17.1 Å². The van der Waals surface area contributed by atoms with Gasteiger partial charge in [0.15, 0.2) is 11.5 Å². The van der Waals surface area contributed by atoms with Crippen molar-refractivity contribution in [3.8, 4) is 11.5 Å². The second kappa shape index (κ2) is 4.70. The minimum absolute atomic E-state index is 0.570. The smallest absolute Gasteiger partial charge is 0.161 e. The first-order valence-corrected chi connectivity index (χ1v) is 4.27. The zero-order valence-electron chi connectivity index (χ0n) is 8.53. The summed E-state index contributed by atoms with van der Waals surface area (Å²) in [5.74, 6) is 1.20. The van der Waals surface area contributed by atoms with Crippen molar-refractivity contribution in [3.05, 3.63) is 17.7 Å². The molecule has 73 valence electrons. The Hall–Kier alpha value is -1.45. The van der Waals surface area contributed by atoms with Gasteiger partial charge < -0.3 is 9.47 Å². The Morgan fingerprint density at radius 3 is 2.21 bits per heavy atom. The normalized spacial score (nSPS) is 9.36. The van der Waals surface area contributed by atoms with Gasteiger partial charge in [-0.25, -0.2) is 0 Å². The van der Waals surface area contributed by atoms with Crippen LogP contribution in [0.5, 0.6) is 11.5 Å². The monoisotopic (exact) mass is 191 g/mol. The number of carbonyl (C=O) groups is 1. The van der Waals surface area contributed by atoms with Gasteiger partial charge in [-0.3, -0.25) is 4.79 Å². The van der Waals surface area contributed by atoms with Crippen molar-refractivity contribution in [3.63, 3.8) is 0 Å². The van der Waals surface area contributed by atoms with Crippen LogP contribution in [0.15, 0.2) is 12.1 Å². The highest BCUT2D eigenvalue weighted by molar-refractivity contribution is 6.53. The van der Waals surface area contributed by atoms with E-state index in [0.717, 1.165) is 11.7 Å². The van der Waals surface area contributed by atoms with Crippen molar-refractivity contribution in [2.45, 2.75) is 6.82 Å². The van der Waals surface area contributed by atoms with Gasteiger partial charge in [0.25, 0.3) is 0 Å². The van der Waals surface area contributed by atoms with Crippen LogP contribution >= 0.6 is 0 Å². The summed E-state index contributed by atoms with van der Waals surface area (Å²) in [6.45, 7) is 1.87. The van der Waals surface area contributed by atoms with Crippen LogP contribution in [0.4, 0.5) is 0 Å². The molecule has 0 fully saturated rings. The van der Waals surface area contributed by atoms with Gasteiger partial charge in [-0.1, -0.05) is 12.3 Å². The molecule has 0 aliphatic heterocycles. The molecule has 1 aromatic rings. The van der Waals surface area contributed by atoms with Crippen LogP contribution in [0, 0.1) is 0 Å². The Bertz CT molecular complexity index is 336. The van der Waals surface area contributed by atoms with Crippen LogP contribution in [0.3, 0.4) is 0 Å². The van der Waals surface area contributed by atoms with E-state index in [2.05, 4.69) is 0 Å². The lowest BCUT2D eigenvalue weighted by molar-refractivity contribution is 0.112. The molecule has 0 atom stereocenters. The van der Waals surface area contributed by atoms with Gasteiger partial charge in [0.05, 0.1) is 14.2 Å². The maximum absolute atomic E-state index is 10.7. The summed E-state index contributed by atoms with van der Waals surface area (Å²) in [6.07, 6.45) is 0.803. The quantitative estimate of drug-likeness (QED) is 0.523. The summed E-state index contributed by atoms with van der Waals surface area (Å²) < 4.78 is 10.2. The topological polar surface area (TPSA) is 35.5 Å². The van der Waals surface area contributed by atoms with E-state index in [-0.39, 0.29) is 0 Å². The summed E-state index contributed by atoms with van der Waals surface area (Å²) in [5, 5.41) is 0. The van der Waals surface area contributed by atoms with Crippen molar-refractivity contribution in [2.24, 2.45) is 0 Å². The number of rotatable bonds is 4. The number of carbonyl (C=O) groups excluding carboxylic acids is 1. The zero-order valence-corrected chi connectivity index (χ0v) is 8.53. The molecule has 0 aromatic heterocycles. The molecule has 4 heteroatoms. The van der Waals surface area contributed by atoms with Gasteiger partial charge in [-0.15, -0.1) is 0 Å². The van der Waals surface area contributed by atoms with Gasteiger partial charge in [-0.2, -0.15) is 0 Å². The van der Waals surface area contributed by atoms with Gasteiger partial charge >= 0.3 is 0 Å². The fourth-order valence-corrected chi connectivity index (χ4v) is 1.26. The molecule has 0 aliphatic carbocycles. The maximum atomic E-state index is 10.7. The Labute approximate surface area is 84.3 Å². The van der Waals surface area contributed by atoms with Crippen LogP contribution < -0.4 is 14.9 Å². The summed E-state index contributed by atoms with van der Waals surface area (Å²) in [4.78, 5) is 10.7. The molecular weight excluding hydrogens is 179 g/mol. The molecule has 0 bridgehead atoms. The predicted octanol–water partition coefficient (Wildman–Crippen LogP) is 0.894. The van der Waals surface area contributed by atoms with Crippen molar-refractivity contribution in [1.82, 2.24) is 0 Å². The van der Waals surface area contributed by atoms with E-state index in [4.69, 9.17) is 9.47 Å². The molecule has 1 radical (unpaired) electrons. The summed E-state index contributed by atoms with van der Waals surface area (Å²) in [6, 6.07) is 3.45. The second-order valence-corrected chi connectivity index (χ2v) is 2.74. The van der Waals surface area contributed by atoms with Crippen molar-refractivity contribution >= 4 is 19.0 Å². The van der Waals surface area contributed by atoms with Gasteiger partial charge in [-0.05, 0) is 12.1 Å². The molecule has 3 nitrogen and oxygen atoms in total. The molecule has 0 amide bonds. The number of hydrogen-bond donors (Lipinski definition) is 0. The molecule has 1 rings (SSSR count). The van der Waals surface area contributed by atoms with Crippen LogP contribution in [0.2, 0.25) is 6.82 Å². The van der Waals surface area contributed by atoms with Crippen LogP contribution in [0.1, 0.15) is 10.4 Å². The molecule has 14 heavy (non-hydrogen) atoms. The lowest BCUT2D eigenvalue weighted by Crippen LogP contribution is -2.17. The highest BCUT2D eigenvalue weighted by atomic mass is 16.5. The zero-order chi connectivity index (χ0) is 10.6. The fraction of sp³-hybridized carbons (Fsp3) is 0.300. The molecule has 0 saturated heterocycles. The van der Waals surface area contributed by atoms with Crippen molar-refractivity contribution in [1.29, 1.82) is 0 Å². The largest absolute Gasteiger partial charge is 0.493 e. The minimum atomic E-state index is 0.570. The molecule has 0 heterocycles. The second-order valence-electron chi connectivity index (χ2n) is 2.74. The molecule has 0 spiro atoms. The lowest BCUT2D eigenvalue weighted by Gasteiger charge is -2.10. The average Bonchev–Trinajstić information content (AvgIpc) is 2.26. The summed E-state index contributed by atoms with van der Waals surface area (Å²) >= 11 is 0. The number of aldehydes is 1. The molecule has 0 N–H and O–H groups in total. The van der Waals surface area contributed by atoms with Gasteiger partial charge in [0, 0.05) is 5.56 Å². The van der Waals surface area contributed by atoms with E-state index in [1.54, 1.807) is 26.4 Å². The standard InChI is InChI=1S/C10H12BO3/c1-11-8-5-10(14-3)9(13-2)4-7(8)6-12/h4-6H,1-3H3. The number of benzene rings is 1. The SMILES string of the molecule is C[B]c1cc(OC)c(OC)cc1C=O. The Morgan fingerprint density at radius 1 is 1.21 bits per heavy atom. The molecular formula is C10H12BO3. The van der Waals surface area contributed by atoms with E-state index in [1.165, 1.54) is 0 Å². The number of methoxy groups -OCH3 is 2. The van der Waals surface area contributed by atoms with Gasteiger partial charge in [0.2, 0.25) is 0 Å². The van der Waals surface area contributed by atoms with Crippen molar-refractivity contribution < 1.29 is 14.3 Å². The third-order valence-corrected chi connectivity index (χ3v) is 2.03. The Kier molecular flexibility index (Phi) is 3.57. The lowest BCUT2D eigenvalue weighted by atomic mass is 9.71. The highest BCUT2D eigenvalue weighted by Gasteiger charge is 2.09. The number of hydrogen-bond acceptors (Lipinski definition) is 3. The minimum Gasteiger partial charge on any atom is -0.493 e. The first-order valence-electron chi connectivity index (χ1n) is 4.27. The van der Waals surface area contributed by atoms with Crippen LogP contribution in [0.25, 0.3) is 0 Å². The van der Waals surface area contributed by atoms with Gasteiger partial charge in [0.1, 0.15) is 13.6 Å². The molecule has 0 unspecified atom stereocenters. The number of ether oxygens (including phenoxy) is 2. The first-order chi connectivity index (χ1) is 6.76. The Balaban J connectivity index is 3.27.